The summed E-state index contributed by atoms with van der Waals surface area (Å²) in [5.41, 5.74) is 5.59. The van der Waals surface area contributed by atoms with E-state index in [0.717, 1.165) is 70.7 Å². The molecular formula is C24H26F3N5O2. The van der Waals surface area contributed by atoms with E-state index in [1.807, 2.05) is 20.0 Å². The number of nitrogens with zero attached hydrogens (tertiary/aromatic N) is 5. The van der Waals surface area contributed by atoms with Crippen molar-refractivity contribution in [2.45, 2.75) is 52.9 Å². The molecule has 0 atom stereocenters. The van der Waals surface area contributed by atoms with Crippen LogP contribution in [0.2, 0.25) is 0 Å². The number of hydrogen-bond donors (Lipinski definition) is 0. The van der Waals surface area contributed by atoms with Gasteiger partial charge < -0.3 is 13.8 Å². The predicted molar refractivity (Wildman–Crippen MR) is 120 cm³/mol. The Hall–Kier alpha value is -3.14. The summed E-state index contributed by atoms with van der Waals surface area (Å²) in [6.07, 6.45) is 4.16. The van der Waals surface area contributed by atoms with Crippen molar-refractivity contribution in [3.63, 3.8) is 0 Å². The summed E-state index contributed by atoms with van der Waals surface area (Å²) >= 11 is 0. The van der Waals surface area contributed by atoms with Crippen LogP contribution in [-0.4, -0.2) is 43.9 Å². The van der Waals surface area contributed by atoms with E-state index in [-0.39, 0.29) is 5.41 Å². The number of aryl methyl sites for hydroxylation is 2. The molecule has 0 bridgehead atoms. The predicted octanol–water partition coefficient (Wildman–Crippen LogP) is 5.55. The molecule has 0 aliphatic carbocycles. The fourth-order valence-electron chi connectivity index (χ4n) is 4.75. The topological polar surface area (TPSA) is 70.9 Å². The van der Waals surface area contributed by atoms with Gasteiger partial charge in [0.05, 0.1) is 22.9 Å². The molecule has 0 amide bonds. The lowest BCUT2D eigenvalue weighted by atomic mass is 9.82. The van der Waals surface area contributed by atoms with Crippen molar-refractivity contribution in [3.05, 3.63) is 42.3 Å². The summed E-state index contributed by atoms with van der Waals surface area (Å²) in [6.45, 7) is 7.04. The zero-order valence-corrected chi connectivity index (χ0v) is 19.3. The molecule has 1 aliphatic rings. The molecule has 4 aromatic heterocycles. The molecule has 180 valence electrons. The van der Waals surface area contributed by atoms with Gasteiger partial charge in [-0.1, -0.05) is 12.1 Å². The van der Waals surface area contributed by atoms with Crippen LogP contribution >= 0.6 is 0 Å². The van der Waals surface area contributed by atoms with Crippen LogP contribution in [0.3, 0.4) is 0 Å². The SMILES string of the molecule is Cc1noc(C)c1-c1cnc2c(-c3cnn(CC(F)(F)F)c3)cn(CC3(C)CCOCC3)c2c1. The standard InChI is InChI=1S/C24H26F3N5O2/c1-15-21(16(2)34-30-15)17-8-20-22(28-9-17)19(18-10-29-32(11-18)14-24(25,26)27)12-31(20)13-23(3)4-6-33-7-5-23/h8-12H,4-7,13-14H2,1-3H3. The van der Waals surface area contributed by atoms with Gasteiger partial charge in [-0.15, -0.1) is 0 Å². The van der Waals surface area contributed by atoms with Crippen LogP contribution in [0, 0.1) is 19.3 Å². The number of rotatable bonds is 5. The first kappa shape index (κ1) is 22.6. The van der Waals surface area contributed by atoms with E-state index >= 15 is 0 Å². The van der Waals surface area contributed by atoms with Gasteiger partial charge in [0.2, 0.25) is 0 Å². The molecular weight excluding hydrogens is 447 g/mol. The lowest BCUT2D eigenvalue weighted by molar-refractivity contribution is -0.142. The van der Waals surface area contributed by atoms with Crippen LogP contribution in [-0.2, 0) is 17.8 Å². The molecule has 0 radical (unpaired) electrons. The van der Waals surface area contributed by atoms with Crippen LogP contribution in [0.4, 0.5) is 13.2 Å². The first-order chi connectivity index (χ1) is 16.1. The van der Waals surface area contributed by atoms with Gasteiger partial charge in [-0.2, -0.15) is 18.3 Å². The van der Waals surface area contributed by atoms with Crippen LogP contribution < -0.4 is 0 Å². The second kappa shape index (κ2) is 8.26. The maximum atomic E-state index is 12.9. The molecule has 7 nitrogen and oxygen atoms in total. The number of alkyl halides is 3. The Balaban J connectivity index is 1.62. The summed E-state index contributed by atoms with van der Waals surface area (Å²) in [7, 11) is 0. The zero-order chi connectivity index (χ0) is 24.1. The number of aromatic nitrogens is 5. The number of hydrogen-bond acceptors (Lipinski definition) is 5. The summed E-state index contributed by atoms with van der Waals surface area (Å²) in [4.78, 5) is 4.74. The Bertz CT molecular complexity index is 1310. The molecule has 1 saturated heterocycles. The summed E-state index contributed by atoms with van der Waals surface area (Å²) in [6, 6.07) is 2.06. The van der Waals surface area contributed by atoms with Gasteiger partial charge in [0.25, 0.3) is 0 Å². The minimum atomic E-state index is -4.34. The highest BCUT2D eigenvalue weighted by Gasteiger charge is 2.30. The average Bonchev–Trinajstić information content (AvgIpc) is 3.45. The quantitative estimate of drug-likeness (QED) is 0.380. The lowest BCUT2D eigenvalue weighted by Gasteiger charge is -2.34. The van der Waals surface area contributed by atoms with Crippen LogP contribution in [0.15, 0.2) is 35.4 Å². The number of pyridine rings is 1. The molecule has 0 aromatic carbocycles. The second-order valence-electron chi connectivity index (χ2n) is 9.43. The second-order valence-corrected chi connectivity index (χ2v) is 9.43. The maximum Gasteiger partial charge on any atom is 0.408 e. The van der Waals surface area contributed by atoms with Gasteiger partial charge in [0.15, 0.2) is 0 Å². The highest BCUT2D eigenvalue weighted by atomic mass is 19.4. The smallest absolute Gasteiger partial charge is 0.381 e. The molecule has 1 fully saturated rings. The Morgan fingerprint density at radius 1 is 1.09 bits per heavy atom. The molecule has 5 rings (SSSR count). The van der Waals surface area contributed by atoms with Crippen molar-refractivity contribution >= 4 is 11.0 Å². The van der Waals surface area contributed by atoms with E-state index in [1.165, 1.54) is 12.4 Å². The van der Waals surface area contributed by atoms with Crippen molar-refractivity contribution < 1.29 is 22.4 Å². The molecule has 34 heavy (non-hydrogen) atoms. The third kappa shape index (κ3) is 4.34. The van der Waals surface area contributed by atoms with Gasteiger partial charge in [-0.05, 0) is 38.2 Å². The molecule has 1 aliphatic heterocycles. The Morgan fingerprint density at radius 3 is 2.53 bits per heavy atom. The highest BCUT2D eigenvalue weighted by Crippen LogP contribution is 2.38. The monoisotopic (exact) mass is 473 g/mol. The van der Waals surface area contributed by atoms with Gasteiger partial charge in [0.1, 0.15) is 12.3 Å². The zero-order valence-electron chi connectivity index (χ0n) is 19.3. The fraction of sp³-hybridized carbons (Fsp3) is 0.458. The average molecular weight is 473 g/mol. The molecule has 0 spiro atoms. The van der Waals surface area contributed by atoms with Crippen LogP contribution in [0.5, 0.6) is 0 Å². The van der Waals surface area contributed by atoms with Gasteiger partial charge in [-0.3, -0.25) is 9.67 Å². The van der Waals surface area contributed by atoms with Crippen molar-refractivity contribution in [2.24, 2.45) is 5.41 Å². The number of halogens is 3. The summed E-state index contributed by atoms with van der Waals surface area (Å²) < 4.78 is 52.5. The van der Waals surface area contributed by atoms with Crippen molar-refractivity contribution in [1.82, 2.24) is 24.5 Å². The normalized spacial score (nSPS) is 16.4. The van der Waals surface area contributed by atoms with E-state index in [0.29, 0.717) is 11.3 Å². The van der Waals surface area contributed by atoms with E-state index in [9.17, 15) is 13.2 Å². The third-order valence-electron chi connectivity index (χ3n) is 6.58. The van der Waals surface area contributed by atoms with Crippen molar-refractivity contribution in [1.29, 1.82) is 0 Å². The molecule has 0 saturated carbocycles. The minimum absolute atomic E-state index is 0.0426. The Labute approximate surface area is 194 Å². The van der Waals surface area contributed by atoms with Gasteiger partial charge in [-0.25, -0.2) is 0 Å². The first-order valence-electron chi connectivity index (χ1n) is 11.2. The maximum absolute atomic E-state index is 12.9. The largest absolute Gasteiger partial charge is 0.408 e. The van der Waals surface area contributed by atoms with Crippen LogP contribution in [0.1, 0.15) is 31.2 Å². The van der Waals surface area contributed by atoms with Gasteiger partial charge >= 0.3 is 6.18 Å². The third-order valence-corrected chi connectivity index (χ3v) is 6.58. The number of fused-ring (bicyclic) bond motifs is 1. The minimum Gasteiger partial charge on any atom is -0.381 e. The lowest BCUT2D eigenvalue weighted by Crippen LogP contribution is -2.30. The van der Waals surface area contributed by atoms with Gasteiger partial charge in [0, 0.05) is 60.6 Å². The molecule has 0 N–H and O–H groups in total. The van der Waals surface area contributed by atoms with E-state index in [1.54, 1.807) is 6.20 Å². The van der Waals surface area contributed by atoms with E-state index in [2.05, 4.69) is 27.8 Å². The van der Waals surface area contributed by atoms with Crippen molar-refractivity contribution in [2.75, 3.05) is 13.2 Å². The molecule has 4 aromatic rings. The Kier molecular flexibility index (Phi) is 5.50. The first-order valence-corrected chi connectivity index (χ1v) is 11.2. The van der Waals surface area contributed by atoms with E-state index in [4.69, 9.17) is 14.2 Å². The van der Waals surface area contributed by atoms with Crippen LogP contribution in [0.25, 0.3) is 33.3 Å². The molecule has 10 heteroatoms. The molecule has 0 unspecified atom stereocenters. The van der Waals surface area contributed by atoms with Crippen molar-refractivity contribution in [3.8, 4) is 22.3 Å². The summed E-state index contributed by atoms with van der Waals surface area (Å²) in [5, 5.41) is 7.99. The fourth-order valence-corrected chi connectivity index (χ4v) is 4.75. The number of ether oxygens (including phenoxy) is 1. The Morgan fingerprint density at radius 2 is 1.85 bits per heavy atom. The molecule has 5 heterocycles. The highest BCUT2D eigenvalue weighted by molar-refractivity contribution is 5.94. The summed E-state index contributed by atoms with van der Waals surface area (Å²) in [5.74, 6) is 0.710. The van der Waals surface area contributed by atoms with E-state index < -0.39 is 12.7 Å².